The van der Waals surface area contributed by atoms with Crippen LogP contribution in [0.5, 0.6) is 0 Å². The Morgan fingerprint density at radius 2 is 1.60 bits per heavy atom. The molecule has 5 heteroatoms. The third kappa shape index (κ3) is 116. The van der Waals surface area contributed by atoms with E-state index in [1.807, 2.05) is 0 Å². The van der Waals surface area contributed by atoms with Crippen LogP contribution in [0.3, 0.4) is 0 Å². The van der Waals surface area contributed by atoms with Crippen LogP contribution in [-0.2, 0) is 16.5 Å². The zero-order valence-corrected chi connectivity index (χ0v) is 2.62. The smallest absolute Gasteiger partial charge is 0 e. The van der Waals surface area contributed by atoms with Crippen LogP contribution in [0.4, 0.5) is 0 Å². The summed E-state index contributed by atoms with van der Waals surface area (Å²) in [5, 5.41) is 8.38. The minimum atomic E-state index is 0. The van der Waals surface area contributed by atoms with Gasteiger partial charge >= 0.3 is 18.9 Å². The molecule has 0 spiro atoms. The van der Waals surface area contributed by atoms with Crippen LogP contribution in [0, 0.1) is 10.1 Å². The van der Waals surface area contributed by atoms with E-state index in [4.69, 9.17) is 10.1 Å². The molecule has 0 rings (SSSR count). The van der Waals surface area contributed by atoms with Crippen LogP contribution >= 0.6 is 0 Å². The van der Waals surface area contributed by atoms with Gasteiger partial charge in [-0.2, -0.15) is 0 Å². The van der Waals surface area contributed by atoms with E-state index in [-0.39, 0.29) is 40.7 Å². The fourth-order valence-corrected chi connectivity index (χ4v) is 0. The summed E-state index contributed by atoms with van der Waals surface area (Å²) in [7, 11) is 0. The molecule has 0 fully saturated rings. The molecule has 0 heterocycles. The molecule has 0 saturated carbocycles. The third-order valence-corrected chi connectivity index (χ3v) is 0. The molecule has 0 radical (unpaired) electrons. The van der Waals surface area contributed by atoms with Crippen LogP contribution in [0.25, 0.3) is 0 Å². The van der Waals surface area contributed by atoms with E-state index in [0.717, 1.165) is 0 Å². The summed E-state index contributed by atoms with van der Waals surface area (Å²) in [5.74, 6) is 0. The molecule has 5 heavy (non-hydrogen) atoms. The van der Waals surface area contributed by atoms with Gasteiger partial charge in [-0.3, -0.25) is 10.1 Å². The quantitative estimate of drug-likeness (QED) is 0.218. The molecule has 1 N–H and O–H groups in total. The zero-order valence-electron chi connectivity index (χ0n) is 1.63. The maximum Gasteiger partial charge on any atom is 0 e. The van der Waals surface area contributed by atoms with E-state index in [1.165, 1.54) is 0 Å². The average molecular weight is 114 g/mol. The molecule has 0 saturated heterocycles. The molecule has 0 unspecified atom stereocenters. The van der Waals surface area contributed by atoms with Crippen molar-refractivity contribution < 1.29 is 21.8 Å². The van der Waals surface area contributed by atoms with Gasteiger partial charge < -0.3 is 0 Å². The van der Waals surface area contributed by atoms with Crippen molar-refractivity contribution in [1.82, 2.24) is 0 Å². The summed E-state index contributed by atoms with van der Waals surface area (Å²) < 4.78 is 0. The Labute approximate surface area is 51.2 Å². The van der Waals surface area contributed by atoms with Gasteiger partial charge in [0.1, 0.15) is 0 Å². The molecular formula is H2LiNNiO2. The van der Waals surface area contributed by atoms with E-state index < -0.39 is 0 Å². The predicted octanol–water partition coefficient (Wildman–Crippen LogP) is -2.32. The largest absolute Gasteiger partial charge is 0 e. The van der Waals surface area contributed by atoms with E-state index in [2.05, 4.69) is 0 Å². The van der Waals surface area contributed by atoms with Gasteiger partial charge in [0.05, 0.1) is 0 Å². The van der Waals surface area contributed by atoms with Gasteiger partial charge in [0.15, 0.2) is 0 Å². The zero-order chi connectivity index (χ0) is 2.71. The maximum absolute atomic E-state index is 8.12. The molecular weight excluding hydrogens is 112 g/mol. The standard InChI is InChI=1S/Li.HNO2.Ni.H/c;2-1-3;;/h;1H;;. The molecule has 0 atom stereocenters. The number of hydrogen-bond donors (Lipinski definition) is 1. The topological polar surface area (TPSA) is 54.1 Å². The van der Waals surface area contributed by atoms with Gasteiger partial charge in [0.25, 0.3) is 0 Å². The number of rotatable bonds is 0. The summed E-state index contributed by atoms with van der Waals surface area (Å²) in [6.07, 6.45) is 0. The first kappa shape index (κ1) is 17.8. The minimum absolute atomic E-state index is 0. The minimum Gasteiger partial charge on any atom is 0 e. The predicted molar refractivity (Wildman–Crippen MR) is 14.8 cm³/mol. The van der Waals surface area contributed by atoms with E-state index in [9.17, 15) is 0 Å². The van der Waals surface area contributed by atoms with Crippen molar-refractivity contribution >= 4 is 18.9 Å². The Kier molecular flexibility index (Phi) is 87.9. The van der Waals surface area contributed by atoms with Crippen LogP contribution < -0.4 is 5.34 Å². The molecule has 0 aliphatic heterocycles. The van der Waals surface area contributed by atoms with Crippen LogP contribution in [0.15, 0.2) is 0 Å². The van der Waals surface area contributed by atoms with Crippen LogP contribution in [0.2, 0.25) is 0 Å². The van der Waals surface area contributed by atoms with Crippen LogP contribution in [0.1, 0.15) is 0 Å². The summed E-state index contributed by atoms with van der Waals surface area (Å²) in [5.41, 5.74) is 0. The molecule has 0 aromatic rings. The molecule has 30 valence electrons. The average Bonchev–Trinajstić information content (AvgIpc) is 0.918. The van der Waals surface area contributed by atoms with Gasteiger partial charge in [-0.05, 0) is 0 Å². The first-order valence-corrected chi connectivity index (χ1v) is 0.408. The van der Waals surface area contributed by atoms with Crippen molar-refractivity contribution in [3.05, 3.63) is 10.1 Å². The molecule has 3 nitrogen and oxygen atoms in total. The fraction of sp³-hybridized carbons (Fsp3) is 0. The van der Waals surface area contributed by atoms with Gasteiger partial charge in [-0.25, -0.2) is 0 Å². The van der Waals surface area contributed by atoms with Crippen LogP contribution in [-0.4, -0.2) is 18.9 Å². The summed E-state index contributed by atoms with van der Waals surface area (Å²) >= 11 is 0. The second kappa shape index (κ2) is 24.6. The first-order chi connectivity index (χ1) is 1.41. The second-order valence-corrected chi connectivity index (χ2v) is 0.0833. The van der Waals surface area contributed by atoms with Gasteiger partial charge in [0, 0.05) is 21.8 Å². The van der Waals surface area contributed by atoms with E-state index >= 15 is 0 Å². The molecule has 0 aliphatic rings. The Morgan fingerprint density at radius 1 is 1.60 bits per heavy atom. The van der Waals surface area contributed by atoms with Crippen molar-refractivity contribution in [2.45, 2.75) is 0 Å². The van der Waals surface area contributed by atoms with Gasteiger partial charge in [0.2, 0.25) is 0 Å². The summed E-state index contributed by atoms with van der Waals surface area (Å²) in [4.78, 5) is 8.12. The Hall–Kier alpha value is 0.491. The first-order valence-electron chi connectivity index (χ1n) is 0.408. The summed E-state index contributed by atoms with van der Waals surface area (Å²) in [6, 6.07) is 0. The Morgan fingerprint density at radius 3 is 1.60 bits per heavy atom. The second-order valence-electron chi connectivity index (χ2n) is 0.0833. The van der Waals surface area contributed by atoms with Crippen molar-refractivity contribution in [3.63, 3.8) is 0 Å². The Balaban J connectivity index is -0.0000000200. The van der Waals surface area contributed by atoms with Gasteiger partial charge in [-0.1, -0.05) is 0 Å². The maximum atomic E-state index is 8.12. The van der Waals surface area contributed by atoms with Crippen molar-refractivity contribution in [2.75, 3.05) is 0 Å². The van der Waals surface area contributed by atoms with E-state index in [1.54, 1.807) is 0 Å². The van der Waals surface area contributed by atoms with Crippen molar-refractivity contribution in [2.24, 2.45) is 0 Å². The monoisotopic (exact) mass is 113 g/mol. The number of nitrogens with one attached hydrogen (secondary N) is 1. The Bertz CT molecular complexity index is 17.1. The molecule has 0 aromatic carbocycles. The summed E-state index contributed by atoms with van der Waals surface area (Å²) in [6.45, 7) is 0. The molecule has 0 aliphatic carbocycles. The number of hydrogen-bond acceptors (Lipinski definition) is 2. The van der Waals surface area contributed by atoms with Crippen molar-refractivity contribution in [1.29, 1.82) is 0 Å². The molecule has 0 bridgehead atoms. The van der Waals surface area contributed by atoms with Gasteiger partial charge in [-0.15, -0.1) is 0 Å². The molecule has 0 amide bonds. The van der Waals surface area contributed by atoms with E-state index in [0.29, 0.717) is 0 Å². The third-order valence-electron chi connectivity index (χ3n) is 0. The SMILES string of the molecule is O=[NH+][O-].[LiH].[Ni]. The fourth-order valence-electron chi connectivity index (χ4n) is 0. The van der Waals surface area contributed by atoms with Crippen molar-refractivity contribution in [3.8, 4) is 0 Å². The molecule has 0 aromatic heterocycles. The normalized spacial score (nSPS) is 2.40.